The first-order chi connectivity index (χ1) is 12.1. The summed E-state index contributed by atoms with van der Waals surface area (Å²) in [5, 5.41) is 16.4. The molecule has 2 amide bonds. The summed E-state index contributed by atoms with van der Waals surface area (Å²) in [6, 6.07) is 8.47. The molecule has 2 aromatic rings. The number of pyridine rings is 1. The number of fused-ring (bicyclic) bond motifs is 2. The van der Waals surface area contributed by atoms with Crippen LogP contribution in [-0.2, 0) is 9.59 Å². The number of hydrazine groups is 1. The maximum absolute atomic E-state index is 12.2. The van der Waals surface area contributed by atoms with Crippen LogP contribution in [0.5, 0.6) is 5.75 Å². The Hall–Kier alpha value is -2.71. The first-order valence-corrected chi connectivity index (χ1v) is 8.19. The molecular weight excluding hydrogens is 322 g/mol. The normalized spacial score (nSPS) is 28.4. The third kappa shape index (κ3) is 2.59. The molecule has 130 valence electrons. The van der Waals surface area contributed by atoms with Gasteiger partial charge in [-0.15, -0.1) is 0 Å². The molecule has 0 bridgehead atoms. The van der Waals surface area contributed by atoms with E-state index in [2.05, 4.69) is 26.5 Å². The van der Waals surface area contributed by atoms with E-state index in [1.54, 1.807) is 19.2 Å². The van der Waals surface area contributed by atoms with Gasteiger partial charge in [0.25, 0.3) is 0 Å². The lowest BCUT2D eigenvalue weighted by atomic mass is 9.77. The molecule has 4 rings (SSSR count). The second kappa shape index (κ2) is 5.98. The number of phenolic OH excluding ortho intramolecular Hbond substituents is 1. The Morgan fingerprint density at radius 3 is 2.92 bits per heavy atom. The quantitative estimate of drug-likeness (QED) is 0.513. The molecule has 2 fully saturated rings. The largest absolute Gasteiger partial charge is 0.506 e. The predicted octanol–water partition coefficient (Wildman–Crippen LogP) is -0.291. The molecule has 2 saturated heterocycles. The summed E-state index contributed by atoms with van der Waals surface area (Å²) >= 11 is 0. The molecule has 0 spiro atoms. The zero-order valence-corrected chi connectivity index (χ0v) is 13.6. The van der Waals surface area contributed by atoms with Crippen LogP contribution in [0.15, 0.2) is 30.3 Å². The molecule has 2 aliphatic rings. The standard InChI is InChI=1S/C17H19N5O3/c1-18-17(25)15-13-9(7-12(24)20-16(13)22-21-15)10-6-5-8-3-2-4-11(23)14(8)19-10/h2-6,9,13,15-16,21-23H,7H2,1H3,(H,18,25)(H,20,24). The highest BCUT2D eigenvalue weighted by Gasteiger charge is 2.49. The van der Waals surface area contributed by atoms with Gasteiger partial charge < -0.3 is 15.7 Å². The van der Waals surface area contributed by atoms with Gasteiger partial charge in [-0.1, -0.05) is 18.2 Å². The van der Waals surface area contributed by atoms with Gasteiger partial charge in [0.05, 0.1) is 6.17 Å². The number of hydrogen-bond acceptors (Lipinski definition) is 6. The van der Waals surface area contributed by atoms with Crippen LogP contribution in [0.1, 0.15) is 18.0 Å². The van der Waals surface area contributed by atoms with Crippen molar-refractivity contribution in [2.24, 2.45) is 5.92 Å². The Kier molecular flexibility index (Phi) is 3.78. The molecule has 8 nitrogen and oxygen atoms in total. The number of nitrogens with zero attached hydrogens (tertiary/aromatic N) is 1. The number of carbonyl (C=O) groups excluding carboxylic acids is 2. The Bertz CT molecular complexity index is 855. The van der Waals surface area contributed by atoms with E-state index in [4.69, 9.17) is 0 Å². The minimum Gasteiger partial charge on any atom is -0.506 e. The third-order valence-corrected chi connectivity index (χ3v) is 4.98. The fourth-order valence-corrected chi connectivity index (χ4v) is 3.78. The molecule has 2 aliphatic heterocycles. The minimum atomic E-state index is -0.484. The number of amides is 2. The number of piperidine rings is 1. The predicted molar refractivity (Wildman–Crippen MR) is 90.3 cm³/mol. The van der Waals surface area contributed by atoms with Crippen LogP contribution in [-0.4, -0.2) is 41.2 Å². The molecule has 0 saturated carbocycles. The summed E-state index contributed by atoms with van der Waals surface area (Å²) in [5.74, 6) is -0.579. The number of para-hydroxylation sites is 1. The monoisotopic (exact) mass is 341 g/mol. The molecule has 3 heterocycles. The van der Waals surface area contributed by atoms with Crippen molar-refractivity contribution in [3.63, 3.8) is 0 Å². The maximum Gasteiger partial charge on any atom is 0.238 e. The number of aromatic nitrogens is 1. The maximum atomic E-state index is 12.2. The van der Waals surface area contributed by atoms with Gasteiger partial charge in [0.1, 0.15) is 17.3 Å². The first kappa shape index (κ1) is 15.8. The van der Waals surface area contributed by atoms with Crippen molar-refractivity contribution in [1.82, 2.24) is 26.5 Å². The Morgan fingerprint density at radius 1 is 1.28 bits per heavy atom. The van der Waals surface area contributed by atoms with Crippen molar-refractivity contribution >= 4 is 22.7 Å². The zero-order valence-electron chi connectivity index (χ0n) is 13.6. The highest BCUT2D eigenvalue weighted by atomic mass is 16.3. The summed E-state index contributed by atoms with van der Waals surface area (Å²) in [5.41, 5.74) is 7.14. The van der Waals surface area contributed by atoms with Crippen molar-refractivity contribution in [3.05, 3.63) is 36.0 Å². The fourth-order valence-electron chi connectivity index (χ4n) is 3.78. The van der Waals surface area contributed by atoms with Crippen molar-refractivity contribution in [3.8, 4) is 5.75 Å². The topological polar surface area (TPSA) is 115 Å². The highest BCUT2D eigenvalue weighted by Crippen LogP contribution is 2.37. The molecule has 8 heteroatoms. The first-order valence-electron chi connectivity index (χ1n) is 8.19. The smallest absolute Gasteiger partial charge is 0.238 e. The lowest BCUT2D eigenvalue weighted by Gasteiger charge is -2.34. The SMILES string of the molecule is CNC(=O)C1NNC2NC(=O)CC(c3ccc4cccc(O)c4n3)C21. The molecule has 25 heavy (non-hydrogen) atoms. The summed E-state index contributed by atoms with van der Waals surface area (Å²) in [4.78, 5) is 28.9. The molecule has 4 unspecified atom stereocenters. The van der Waals surface area contributed by atoms with Crippen LogP contribution in [0.4, 0.5) is 0 Å². The molecule has 0 aliphatic carbocycles. The van der Waals surface area contributed by atoms with E-state index in [9.17, 15) is 14.7 Å². The number of likely N-dealkylation sites (N-methyl/N-ethyl adjacent to an activating group) is 1. The van der Waals surface area contributed by atoms with E-state index in [1.807, 2.05) is 18.2 Å². The van der Waals surface area contributed by atoms with E-state index >= 15 is 0 Å². The van der Waals surface area contributed by atoms with E-state index in [0.717, 1.165) is 5.39 Å². The van der Waals surface area contributed by atoms with Crippen LogP contribution < -0.4 is 21.5 Å². The van der Waals surface area contributed by atoms with Gasteiger partial charge in [0.15, 0.2) is 0 Å². The van der Waals surface area contributed by atoms with Crippen LogP contribution in [0.3, 0.4) is 0 Å². The fraction of sp³-hybridized carbons (Fsp3) is 0.353. The number of carbonyl (C=O) groups is 2. The zero-order chi connectivity index (χ0) is 17.6. The average Bonchev–Trinajstić information content (AvgIpc) is 3.04. The number of nitrogens with one attached hydrogen (secondary N) is 4. The molecule has 1 aromatic heterocycles. The lowest BCUT2D eigenvalue weighted by Crippen LogP contribution is -2.53. The van der Waals surface area contributed by atoms with E-state index in [0.29, 0.717) is 11.2 Å². The van der Waals surface area contributed by atoms with Gasteiger partial charge in [0.2, 0.25) is 11.8 Å². The minimum absolute atomic E-state index is 0.0988. The van der Waals surface area contributed by atoms with Crippen LogP contribution in [0, 0.1) is 5.92 Å². The number of hydrogen-bond donors (Lipinski definition) is 5. The molecule has 5 N–H and O–H groups in total. The average molecular weight is 341 g/mol. The van der Waals surface area contributed by atoms with Gasteiger partial charge >= 0.3 is 0 Å². The Balaban J connectivity index is 1.77. The Morgan fingerprint density at radius 2 is 2.12 bits per heavy atom. The van der Waals surface area contributed by atoms with Crippen LogP contribution in [0.25, 0.3) is 10.9 Å². The van der Waals surface area contributed by atoms with Crippen molar-refractivity contribution in [2.45, 2.75) is 24.5 Å². The second-order valence-electron chi connectivity index (χ2n) is 6.40. The van der Waals surface area contributed by atoms with Crippen LogP contribution >= 0.6 is 0 Å². The highest BCUT2D eigenvalue weighted by molar-refractivity contribution is 5.86. The van der Waals surface area contributed by atoms with Gasteiger partial charge in [-0.05, 0) is 12.1 Å². The van der Waals surface area contributed by atoms with Gasteiger partial charge in [-0.2, -0.15) is 0 Å². The second-order valence-corrected chi connectivity index (χ2v) is 6.40. The number of aromatic hydroxyl groups is 1. The van der Waals surface area contributed by atoms with Crippen molar-refractivity contribution in [1.29, 1.82) is 0 Å². The van der Waals surface area contributed by atoms with E-state index in [-0.39, 0.29) is 42.0 Å². The lowest BCUT2D eigenvalue weighted by molar-refractivity contribution is -0.128. The van der Waals surface area contributed by atoms with Gasteiger partial charge in [-0.25, -0.2) is 15.8 Å². The van der Waals surface area contributed by atoms with Gasteiger partial charge in [-0.3, -0.25) is 9.59 Å². The van der Waals surface area contributed by atoms with E-state index < -0.39 is 6.04 Å². The summed E-state index contributed by atoms with van der Waals surface area (Å²) in [6.07, 6.45) is -0.111. The number of benzene rings is 1. The molecule has 0 radical (unpaired) electrons. The van der Waals surface area contributed by atoms with Crippen molar-refractivity contribution < 1.29 is 14.7 Å². The summed E-state index contributed by atoms with van der Waals surface area (Å²) in [7, 11) is 1.58. The molecular formula is C17H19N5O3. The summed E-state index contributed by atoms with van der Waals surface area (Å²) in [6.45, 7) is 0. The Labute approximate surface area is 144 Å². The number of rotatable bonds is 2. The van der Waals surface area contributed by atoms with Gasteiger partial charge in [0, 0.05) is 36.4 Å². The number of phenols is 1. The molecule has 1 aromatic carbocycles. The van der Waals surface area contributed by atoms with Crippen molar-refractivity contribution in [2.75, 3.05) is 7.05 Å². The summed E-state index contributed by atoms with van der Waals surface area (Å²) < 4.78 is 0. The van der Waals surface area contributed by atoms with E-state index in [1.165, 1.54) is 0 Å². The third-order valence-electron chi connectivity index (χ3n) is 4.98. The molecule has 4 atom stereocenters. The van der Waals surface area contributed by atoms with Crippen LogP contribution in [0.2, 0.25) is 0 Å².